The summed E-state index contributed by atoms with van der Waals surface area (Å²) >= 11 is 1.70. The van der Waals surface area contributed by atoms with E-state index in [2.05, 4.69) is 15.1 Å². The molecule has 5 nitrogen and oxygen atoms in total. The van der Waals surface area contributed by atoms with E-state index < -0.39 is 0 Å². The topological polar surface area (TPSA) is 49.3 Å². The van der Waals surface area contributed by atoms with Crippen LogP contribution in [-0.2, 0) is 4.79 Å². The second-order valence-corrected chi connectivity index (χ2v) is 6.35. The summed E-state index contributed by atoms with van der Waals surface area (Å²) in [6.07, 6.45) is 3.45. The molecule has 1 saturated carbocycles. The fourth-order valence-electron chi connectivity index (χ4n) is 2.35. The van der Waals surface area contributed by atoms with Crippen molar-refractivity contribution in [2.45, 2.75) is 25.2 Å². The van der Waals surface area contributed by atoms with Crippen LogP contribution in [0.5, 0.6) is 0 Å². The maximum Gasteiger partial charge on any atom is 0.227 e. The van der Waals surface area contributed by atoms with E-state index in [1.165, 1.54) is 17.8 Å². The third kappa shape index (κ3) is 2.21. The second kappa shape index (κ2) is 4.50. The average Bonchev–Trinajstić information content (AvgIpc) is 2.92. The molecule has 2 fully saturated rings. The number of carbonyl (C=O) groups excluding carboxylic acids is 1. The Morgan fingerprint density at radius 2 is 2.11 bits per heavy atom. The molecule has 1 atom stereocenters. The SMILES string of the molecule is CN(C)C(=O)C1CCN(c2nnc(C3CC3)s2)C1. The van der Waals surface area contributed by atoms with Crippen molar-refractivity contribution in [3.63, 3.8) is 0 Å². The number of anilines is 1. The molecule has 18 heavy (non-hydrogen) atoms. The van der Waals surface area contributed by atoms with Crippen LogP contribution < -0.4 is 4.90 Å². The molecule has 0 radical (unpaired) electrons. The quantitative estimate of drug-likeness (QED) is 0.828. The lowest BCUT2D eigenvalue weighted by atomic mass is 10.1. The molecule has 98 valence electrons. The lowest BCUT2D eigenvalue weighted by molar-refractivity contribution is -0.132. The average molecular weight is 266 g/mol. The van der Waals surface area contributed by atoms with Crippen molar-refractivity contribution in [1.29, 1.82) is 0 Å². The van der Waals surface area contributed by atoms with Crippen molar-refractivity contribution in [2.24, 2.45) is 5.92 Å². The lowest BCUT2D eigenvalue weighted by Crippen LogP contribution is -2.31. The van der Waals surface area contributed by atoms with E-state index >= 15 is 0 Å². The van der Waals surface area contributed by atoms with Crippen molar-refractivity contribution in [1.82, 2.24) is 15.1 Å². The normalized spacial score (nSPS) is 23.4. The minimum Gasteiger partial charge on any atom is -0.349 e. The van der Waals surface area contributed by atoms with Crippen LogP contribution in [0.15, 0.2) is 0 Å². The maximum atomic E-state index is 11.9. The van der Waals surface area contributed by atoms with Crippen LogP contribution in [0, 0.1) is 5.92 Å². The van der Waals surface area contributed by atoms with Gasteiger partial charge in [0.15, 0.2) is 0 Å². The predicted molar refractivity (Wildman–Crippen MR) is 70.9 cm³/mol. The summed E-state index contributed by atoms with van der Waals surface area (Å²) in [5.74, 6) is 1.01. The van der Waals surface area contributed by atoms with Gasteiger partial charge in [0, 0.05) is 33.1 Å². The molecular formula is C12H18N4OS. The Balaban J connectivity index is 1.65. The molecule has 0 aromatic carbocycles. The van der Waals surface area contributed by atoms with Crippen LogP contribution in [0.25, 0.3) is 0 Å². The van der Waals surface area contributed by atoms with Gasteiger partial charge in [-0.15, -0.1) is 10.2 Å². The van der Waals surface area contributed by atoms with Crippen LogP contribution in [0.3, 0.4) is 0 Å². The molecule has 2 aliphatic rings. The zero-order chi connectivity index (χ0) is 12.7. The first kappa shape index (κ1) is 11.9. The van der Waals surface area contributed by atoms with Gasteiger partial charge in [0.2, 0.25) is 11.0 Å². The lowest BCUT2D eigenvalue weighted by Gasteiger charge is -2.17. The van der Waals surface area contributed by atoms with Gasteiger partial charge in [-0.3, -0.25) is 4.79 Å². The Morgan fingerprint density at radius 1 is 1.33 bits per heavy atom. The van der Waals surface area contributed by atoms with Crippen LogP contribution in [-0.4, -0.2) is 48.2 Å². The third-order valence-electron chi connectivity index (χ3n) is 3.61. The predicted octanol–water partition coefficient (Wildman–Crippen LogP) is 1.33. The molecule has 0 bridgehead atoms. The first-order valence-electron chi connectivity index (χ1n) is 6.44. The summed E-state index contributed by atoms with van der Waals surface area (Å²) in [5.41, 5.74) is 0. The highest BCUT2D eigenvalue weighted by molar-refractivity contribution is 7.15. The Labute approximate surface area is 111 Å². The van der Waals surface area contributed by atoms with Gasteiger partial charge in [-0.05, 0) is 19.3 Å². The van der Waals surface area contributed by atoms with Crippen LogP contribution >= 0.6 is 11.3 Å². The Kier molecular flexibility index (Phi) is 2.97. The fraction of sp³-hybridized carbons (Fsp3) is 0.750. The van der Waals surface area contributed by atoms with Crippen LogP contribution in [0.4, 0.5) is 5.13 Å². The van der Waals surface area contributed by atoms with E-state index in [9.17, 15) is 4.79 Å². The van der Waals surface area contributed by atoms with E-state index in [-0.39, 0.29) is 11.8 Å². The zero-order valence-electron chi connectivity index (χ0n) is 10.8. The van der Waals surface area contributed by atoms with E-state index in [4.69, 9.17) is 0 Å². The number of aromatic nitrogens is 2. The largest absolute Gasteiger partial charge is 0.349 e. The molecule has 0 N–H and O–H groups in total. The number of nitrogens with zero attached hydrogens (tertiary/aromatic N) is 4. The number of amides is 1. The number of carbonyl (C=O) groups is 1. The van der Waals surface area contributed by atoms with E-state index in [0.717, 1.165) is 24.6 Å². The van der Waals surface area contributed by atoms with Crippen LogP contribution in [0.1, 0.15) is 30.2 Å². The highest BCUT2D eigenvalue weighted by Crippen LogP contribution is 2.43. The number of hydrogen-bond donors (Lipinski definition) is 0. The summed E-state index contributed by atoms with van der Waals surface area (Å²) in [5, 5.41) is 10.7. The number of rotatable bonds is 3. The zero-order valence-corrected chi connectivity index (χ0v) is 11.6. The third-order valence-corrected chi connectivity index (χ3v) is 4.75. The van der Waals surface area contributed by atoms with Crippen molar-refractivity contribution in [3.8, 4) is 0 Å². The van der Waals surface area contributed by atoms with Gasteiger partial charge < -0.3 is 9.80 Å². The molecule has 1 amide bonds. The summed E-state index contributed by atoms with van der Waals surface area (Å²) in [4.78, 5) is 15.8. The maximum absolute atomic E-state index is 11.9. The van der Waals surface area contributed by atoms with E-state index in [1.54, 1.807) is 16.2 Å². The van der Waals surface area contributed by atoms with Crippen molar-refractivity contribution < 1.29 is 4.79 Å². The monoisotopic (exact) mass is 266 g/mol. The van der Waals surface area contributed by atoms with E-state index in [0.29, 0.717) is 5.92 Å². The highest BCUT2D eigenvalue weighted by atomic mass is 32.1. The Hall–Kier alpha value is -1.17. The highest BCUT2D eigenvalue weighted by Gasteiger charge is 2.33. The minimum atomic E-state index is 0.119. The van der Waals surface area contributed by atoms with Gasteiger partial charge >= 0.3 is 0 Å². The standard InChI is InChI=1S/C12H18N4OS/c1-15(2)11(17)9-5-6-16(7-9)12-14-13-10(18-12)8-3-4-8/h8-9H,3-7H2,1-2H3. The van der Waals surface area contributed by atoms with Crippen molar-refractivity contribution in [3.05, 3.63) is 5.01 Å². The molecular weight excluding hydrogens is 248 g/mol. The molecule has 3 rings (SSSR count). The first-order valence-corrected chi connectivity index (χ1v) is 7.26. The molecule has 0 spiro atoms. The molecule has 1 saturated heterocycles. The molecule has 1 unspecified atom stereocenters. The molecule has 1 aromatic rings. The Morgan fingerprint density at radius 3 is 2.78 bits per heavy atom. The van der Waals surface area contributed by atoms with Gasteiger partial charge in [-0.2, -0.15) is 0 Å². The molecule has 1 aromatic heterocycles. The van der Waals surface area contributed by atoms with Gasteiger partial charge in [-0.1, -0.05) is 11.3 Å². The van der Waals surface area contributed by atoms with Crippen LogP contribution in [0.2, 0.25) is 0 Å². The van der Waals surface area contributed by atoms with Gasteiger partial charge in [0.1, 0.15) is 5.01 Å². The fourth-order valence-corrected chi connectivity index (χ4v) is 3.40. The second-order valence-electron chi connectivity index (χ2n) is 5.36. The molecule has 1 aliphatic heterocycles. The Bertz CT molecular complexity index is 455. The summed E-state index contributed by atoms with van der Waals surface area (Å²) < 4.78 is 0. The van der Waals surface area contributed by atoms with Crippen molar-refractivity contribution >= 4 is 22.4 Å². The molecule has 1 aliphatic carbocycles. The number of hydrogen-bond acceptors (Lipinski definition) is 5. The molecule has 2 heterocycles. The summed E-state index contributed by atoms with van der Waals surface area (Å²) in [6.45, 7) is 1.71. The summed E-state index contributed by atoms with van der Waals surface area (Å²) in [6, 6.07) is 0. The van der Waals surface area contributed by atoms with Crippen molar-refractivity contribution in [2.75, 3.05) is 32.1 Å². The van der Waals surface area contributed by atoms with Gasteiger partial charge in [0.25, 0.3) is 0 Å². The first-order chi connectivity index (χ1) is 8.65. The smallest absolute Gasteiger partial charge is 0.227 e. The van der Waals surface area contributed by atoms with Gasteiger partial charge in [-0.25, -0.2) is 0 Å². The summed E-state index contributed by atoms with van der Waals surface area (Å²) in [7, 11) is 3.64. The molecule has 6 heteroatoms. The van der Waals surface area contributed by atoms with Gasteiger partial charge in [0.05, 0.1) is 5.92 Å². The minimum absolute atomic E-state index is 0.119. The van der Waals surface area contributed by atoms with E-state index in [1.807, 2.05) is 14.1 Å².